The Bertz CT molecular complexity index is 1230. The molecule has 0 saturated carbocycles. The van der Waals surface area contributed by atoms with Crippen LogP contribution in [0.25, 0.3) is 6.08 Å². The van der Waals surface area contributed by atoms with Gasteiger partial charge in [-0.25, -0.2) is 0 Å². The lowest BCUT2D eigenvalue weighted by Crippen LogP contribution is -2.02. The maximum Gasteiger partial charge on any atom is 0.310 e. The number of nitrogens with zero attached hydrogens (tertiary/aromatic N) is 1. The van der Waals surface area contributed by atoms with E-state index in [0.717, 1.165) is 11.1 Å². The highest BCUT2D eigenvalue weighted by Gasteiger charge is 2.16. The van der Waals surface area contributed by atoms with Crippen LogP contribution in [0.3, 0.4) is 0 Å². The molecule has 3 aromatic carbocycles. The molecule has 8 heteroatoms. The van der Waals surface area contributed by atoms with Gasteiger partial charge in [-0.05, 0) is 60.5 Å². The van der Waals surface area contributed by atoms with Gasteiger partial charge in [-0.3, -0.25) is 14.9 Å². The summed E-state index contributed by atoms with van der Waals surface area (Å²) in [6, 6.07) is 15.0. The van der Waals surface area contributed by atoms with E-state index in [1.165, 1.54) is 33.5 Å². The molecule has 34 heavy (non-hydrogen) atoms. The van der Waals surface area contributed by atoms with Gasteiger partial charge in [-0.1, -0.05) is 18.2 Å². The molecule has 176 valence electrons. The van der Waals surface area contributed by atoms with Gasteiger partial charge in [-0.15, -0.1) is 0 Å². The monoisotopic (exact) mass is 463 g/mol. The number of ether oxygens (including phenoxy) is 4. The third kappa shape index (κ3) is 5.72. The van der Waals surface area contributed by atoms with Gasteiger partial charge in [-0.2, -0.15) is 0 Å². The van der Waals surface area contributed by atoms with E-state index in [1.54, 1.807) is 54.6 Å². The molecule has 3 aromatic rings. The van der Waals surface area contributed by atoms with Crippen LogP contribution >= 0.6 is 0 Å². The number of aryl methyl sites for hydroxylation is 1. The van der Waals surface area contributed by atoms with Crippen molar-refractivity contribution in [3.8, 4) is 23.0 Å². The SMILES string of the molecule is COc1ccc(/C=C/C(=O)c2ccc(OC)c(OC)c2)cc1COc1cc(C)ccc1[N+](=O)[O-]. The van der Waals surface area contributed by atoms with E-state index in [2.05, 4.69) is 0 Å². The van der Waals surface area contributed by atoms with Gasteiger partial charge < -0.3 is 18.9 Å². The Balaban J connectivity index is 1.80. The average molecular weight is 463 g/mol. The van der Waals surface area contributed by atoms with Crippen molar-refractivity contribution in [2.24, 2.45) is 0 Å². The van der Waals surface area contributed by atoms with Gasteiger partial charge in [0.05, 0.1) is 26.3 Å². The minimum Gasteiger partial charge on any atom is -0.496 e. The molecule has 0 fully saturated rings. The van der Waals surface area contributed by atoms with E-state index in [-0.39, 0.29) is 23.8 Å². The molecule has 0 amide bonds. The summed E-state index contributed by atoms with van der Waals surface area (Å²) in [6.45, 7) is 1.89. The van der Waals surface area contributed by atoms with Crippen molar-refractivity contribution >= 4 is 17.5 Å². The normalized spacial score (nSPS) is 10.7. The van der Waals surface area contributed by atoms with Crippen molar-refractivity contribution in [1.29, 1.82) is 0 Å². The van der Waals surface area contributed by atoms with E-state index >= 15 is 0 Å². The second-order valence-corrected chi connectivity index (χ2v) is 7.36. The first-order valence-corrected chi connectivity index (χ1v) is 10.4. The van der Waals surface area contributed by atoms with E-state index in [9.17, 15) is 14.9 Å². The fourth-order valence-corrected chi connectivity index (χ4v) is 3.32. The summed E-state index contributed by atoms with van der Waals surface area (Å²) in [4.78, 5) is 23.5. The summed E-state index contributed by atoms with van der Waals surface area (Å²) in [5.74, 6) is 1.55. The van der Waals surface area contributed by atoms with Gasteiger partial charge in [0.15, 0.2) is 23.0 Å². The molecule has 0 atom stereocenters. The molecule has 0 aliphatic carbocycles. The van der Waals surface area contributed by atoms with Crippen LogP contribution in [0.2, 0.25) is 0 Å². The van der Waals surface area contributed by atoms with Crippen molar-refractivity contribution in [3.63, 3.8) is 0 Å². The molecular formula is C26H25NO7. The molecule has 0 aliphatic heterocycles. The molecule has 0 saturated heterocycles. The predicted octanol–water partition coefficient (Wildman–Crippen LogP) is 5.40. The highest BCUT2D eigenvalue weighted by molar-refractivity contribution is 6.07. The van der Waals surface area contributed by atoms with Crippen molar-refractivity contribution in [2.75, 3.05) is 21.3 Å². The fourth-order valence-electron chi connectivity index (χ4n) is 3.32. The molecule has 8 nitrogen and oxygen atoms in total. The molecule has 0 aliphatic rings. The third-order valence-electron chi connectivity index (χ3n) is 5.09. The summed E-state index contributed by atoms with van der Waals surface area (Å²) in [7, 11) is 4.57. The number of benzene rings is 3. The highest BCUT2D eigenvalue weighted by Crippen LogP contribution is 2.31. The van der Waals surface area contributed by atoms with Crippen LogP contribution in [0.5, 0.6) is 23.0 Å². The standard InChI is InChI=1S/C26H25NO7/c1-17-5-9-21(27(29)30)25(13-17)34-16-20-14-18(7-11-23(20)31-2)6-10-22(28)19-8-12-24(32-3)26(15-19)33-4/h5-15H,16H2,1-4H3/b10-6+. The van der Waals surface area contributed by atoms with Crippen molar-refractivity contribution in [1.82, 2.24) is 0 Å². The second kappa shape index (κ2) is 11.0. The zero-order valence-electron chi connectivity index (χ0n) is 19.4. The van der Waals surface area contributed by atoms with Crippen LogP contribution < -0.4 is 18.9 Å². The van der Waals surface area contributed by atoms with Crippen molar-refractivity contribution in [2.45, 2.75) is 13.5 Å². The molecule has 3 rings (SSSR count). The summed E-state index contributed by atoms with van der Waals surface area (Å²) in [5.41, 5.74) is 2.61. The third-order valence-corrected chi connectivity index (χ3v) is 5.09. The Morgan fingerprint density at radius 2 is 1.59 bits per heavy atom. The van der Waals surface area contributed by atoms with Crippen LogP contribution in [0, 0.1) is 17.0 Å². The highest BCUT2D eigenvalue weighted by atomic mass is 16.6. The number of methoxy groups -OCH3 is 3. The molecule has 0 spiro atoms. The number of carbonyl (C=O) groups is 1. The van der Waals surface area contributed by atoms with E-state index in [4.69, 9.17) is 18.9 Å². The zero-order chi connectivity index (χ0) is 24.7. The van der Waals surface area contributed by atoms with Gasteiger partial charge in [0.2, 0.25) is 0 Å². The first-order valence-electron chi connectivity index (χ1n) is 10.4. The predicted molar refractivity (Wildman–Crippen MR) is 128 cm³/mol. The summed E-state index contributed by atoms with van der Waals surface area (Å²) >= 11 is 0. The maximum absolute atomic E-state index is 12.6. The maximum atomic E-state index is 12.6. The van der Waals surface area contributed by atoms with Crippen LogP contribution in [-0.4, -0.2) is 32.0 Å². The number of rotatable bonds is 10. The van der Waals surface area contributed by atoms with E-state index in [0.29, 0.717) is 28.4 Å². The second-order valence-electron chi connectivity index (χ2n) is 7.36. The Hall–Kier alpha value is -4.33. The number of hydrogen-bond acceptors (Lipinski definition) is 7. The molecular weight excluding hydrogens is 438 g/mol. The molecule has 0 unspecified atom stereocenters. The summed E-state index contributed by atoms with van der Waals surface area (Å²) in [5, 5.41) is 11.3. The Kier molecular flexibility index (Phi) is 7.87. The molecule has 0 N–H and O–H groups in total. The summed E-state index contributed by atoms with van der Waals surface area (Å²) in [6.07, 6.45) is 3.14. The Morgan fingerprint density at radius 3 is 2.26 bits per heavy atom. The minimum absolute atomic E-state index is 0.0543. The first-order chi connectivity index (χ1) is 16.4. The topological polar surface area (TPSA) is 97.1 Å². The number of ketones is 1. The van der Waals surface area contributed by atoms with Crippen LogP contribution in [0.15, 0.2) is 60.7 Å². The van der Waals surface area contributed by atoms with Crippen LogP contribution in [0.4, 0.5) is 5.69 Å². The van der Waals surface area contributed by atoms with Crippen molar-refractivity contribution in [3.05, 3.63) is 93.0 Å². The zero-order valence-corrected chi connectivity index (χ0v) is 19.4. The minimum atomic E-state index is -0.481. The van der Waals surface area contributed by atoms with Crippen molar-refractivity contribution < 1.29 is 28.7 Å². The van der Waals surface area contributed by atoms with E-state index in [1.807, 2.05) is 6.92 Å². The molecule has 0 aromatic heterocycles. The summed E-state index contributed by atoms with van der Waals surface area (Å²) < 4.78 is 21.6. The smallest absolute Gasteiger partial charge is 0.310 e. The van der Waals surface area contributed by atoms with Crippen LogP contribution in [0.1, 0.15) is 27.0 Å². The largest absolute Gasteiger partial charge is 0.496 e. The lowest BCUT2D eigenvalue weighted by Gasteiger charge is -2.12. The number of allylic oxidation sites excluding steroid dienone is 1. The number of carbonyl (C=O) groups excluding carboxylic acids is 1. The lowest BCUT2D eigenvalue weighted by atomic mass is 10.1. The number of nitro groups is 1. The fraction of sp³-hybridized carbons (Fsp3) is 0.192. The molecule has 0 bridgehead atoms. The first kappa shape index (κ1) is 24.3. The lowest BCUT2D eigenvalue weighted by molar-refractivity contribution is -0.386. The Morgan fingerprint density at radius 1 is 0.882 bits per heavy atom. The van der Waals surface area contributed by atoms with Crippen LogP contribution in [-0.2, 0) is 6.61 Å². The number of nitro benzene ring substituents is 1. The van der Waals surface area contributed by atoms with E-state index < -0.39 is 4.92 Å². The quantitative estimate of drug-likeness (QED) is 0.172. The molecule has 0 heterocycles. The van der Waals surface area contributed by atoms with Gasteiger partial charge in [0.25, 0.3) is 0 Å². The van der Waals surface area contributed by atoms with Gasteiger partial charge >= 0.3 is 5.69 Å². The average Bonchev–Trinajstić information content (AvgIpc) is 2.85. The number of hydrogen-bond donors (Lipinski definition) is 0. The van der Waals surface area contributed by atoms with Gasteiger partial charge in [0.1, 0.15) is 12.4 Å². The Labute approximate surface area is 197 Å². The molecule has 0 radical (unpaired) electrons. The van der Waals surface area contributed by atoms with Gasteiger partial charge in [0, 0.05) is 17.2 Å².